The Balaban J connectivity index is 0.000000144. The van der Waals surface area contributed by atoms with Crippen LogP contribution in [-0.2, 0) is 9.31 Å². The molecule has 7 heterocycles. The quantitative estimate of drug-likeness (QED) is 0.0903. The van der Waals surface area contributed by atoms with E-state index in [9.17, 15) is 9.59 Å². The lowest BCUT2D eigenvalue weighted by Gasteiger charge is -2.32. The van der Waals surface area contributed by atoms with Crippen LogP contribution in [0, 0.1) is 13.8 Å². The molecule has 0 N–H and O–H groups in total. The average Bonchev–Trinajstić information content (AvgIpc) is 4.03. The van der Waals surface area contributed by atoms with Crippen LogP contribution in [0.4, 0.5) is 0 Å². The number of halogens is 1. The van der Waals surface area contributed by atoms with Gasteiger partial charge in [-0.05, 0) is 99.3 Å². The lowest BCUT2D eigenvalue weighted by Crippen LogP contribution is -2.41. The molecule has 1 saturated heterocycles. The summed E-state index contributed by atoms with van der Waals surface area (Å²) in [5.74, 6) is -0.0532. The second kappa shape index (κ2) is 16.5. The highest BCUT2D eigenvalue weighted by atomic mass is 79.9. The van der Waals surface area contributed by atoms with Gasteiger partial charge in [-0.3, -0.25) is 9.59 Å². The Bertz CT molecular complexity index is 2780. The third kappa shape index (κ3) is 8.76. The molecule has 2 aromatic carbocycles. The van der Waals surface area contributed by atoms with Crippen molar-refractivity contribution in [2.45, 2.75) is 66.6 Å². The minimum absolute atomic E-state index is 0.0127. The second-order valence-corrected chi connectivity index (χ2v) is 17.2. The molecule has 9 rings (SSSR count). The van der Waals surface area contributed by atoms with Gasteiger partial charge in [0.1, 0.15) is 16.0 Å². The fourth-order valence-corrected chi connectivity index (χ4v) is 7.80. The molecule has 0 bridgehead atoms. The molecule has 0 saturated carbocycles. The first-order chi connectivity index (χ1) is 27.6. The number of rotatable bonds is 6. The predicted molar refractivity (Wildman–Crippen MR) is 234 cm³/mol. The van der Waals surface area contributed by atoms with Crippen LogP contribution in [0.2, 0.25) is 0 Å². The molecule has 0 amide bonds. The molecular formula is C42H40BBrN8O4S2. The molecule has 16 heteroatoms. The maximum atomic E-state index is 11.6. The van der Waals surface area contributed by atoms with E-state index in [4.69, 9.17) is 9.31 Å². The van der Waals surface area contributed by atoms with Crippen molar-refractivity contribution in [1.82, 2.24) is 39.5 Å². The highest BCUT2D eigenvalue weighted by Gasteiger charge is 2.51. The Morgan fingerprint density at radius 1 is 0.672 bits per heavy atom. The van der Waals surface area contributed by atoms with Gasteiger partial charge in [-0.1, -0.05) is 36.4 Å². The summed E-state index contributed by atoms with van der Waals surface area (Å²) >= 11 is 6.31. The predicted octanol–water partition coefficient (Wildman–Crippen LogP) is 9.19. The number of Topliss-reactive ketones (excluding diaryl/α,β-unsaturated/α-hetero) is 2. The number of hydrogen-bond donors (Lipinski definition) is 0. The number of fused-ring (bicyclic) bond motifs is 2. The van der Waals surface area contributed by atoms with Crippen molar-refractivity contribution in [3.8, 4) is 21.5 Å². The van der Waals surface area contributed by atoms with E-state index < -0.39 is 0 Å². The van der Waals surface area contributed by atoms with E-state index in [1.807, 2.05) is 82.8 Å². The largest absolute Gasteiger partial charge is 0.494 e. The lowest BCUT2D eigenvalue weighted by molar-refractivity contribution is 0.00578. The van der Waals surface area contributed by atoms with Crippen molar-refractivity contribution in [3.63, 3.8) is 0 Å². The number of thiazole rings is 2. The summed E-state index contributed by atoms with van der Waals surface area (Å²) in [5.41, 5.74) is 6.94. The summed E-state index contributed by atoms with van der Waals surface area (Å²) in [6.45, 7) is 15.2. The van der Waals surface area contributed by atoms with Crippen LogP contribution in [0.5, 0.6) is 0 Å². The Labute approximate surface area is 352 Å². The average molecular weight is 876 g/mol. The van der Waals surface area contributed by atoms with Gasteiger partial charge in [-0.15, -0.1) is 22.7 Å². The number of carbonyl (C=O) groups is 2. The SMILES string of the molecule is CC(=O)c1cccc(-c2ccc3cnn(-c4nc(C)cs4)c3c2)n1.CC(=O)c1cccc(Br)n1.Cc1csc(-n2ncc3ccc(B4OC(C)(C)C(C)(C)O4)cc32)n1. The maximum absolute atomic E-state index is 11.6. The summed E-state index contributed by atoms with van der Waals surface area (Å²) in [5, 5.41) is 16.8. The van der Waals surface area contributed by atoms with Gasteiger partial charge in [0.05, 0.1) is 51.7 Å². The molecule has 0 aliphatic carbocycles. The second-order valence-electron chi connectivity index (χ2n) is 14.7. The Kier molecular flexibility index (Phi) is 11.7. The van der Waals surface area contributed by atoms with Crippen LogP contribution in [0.15, 0.2) is 101 Å². The minimum Gasteiger partial charge on any atom is -0.399 e. The summed E-state index contributed by atoms with van der Waals surface area (Å²) < 4.78 is 16.7. The van der Waals surface area contributed by atoms with E-state index in [1.54, 1.807) is 46.9 Å². The number of ketones is 2. The minimum atomic E-state index is -0.374. The molecule has 58 heavy (non-hydrogen) atoms. The standard InChI is InChI=1S/C18H14N4OS.C17H20BN3O2S.C7H6BrNO/c1-11-10-24-18(20-11)22-17-8-13(6-7-14(17)9-19-22)16-5-3-4-15(21-16)12(2)23;1-11-10-24-15(20-11)21-14-8-13(7-6-12(14)9-19-21)18-22-16(2,3)17(4,5)23-18;1-5(10)6-3-2-4-7(8)9-6/h3-10H,1-2H3;6-10H,1-5H3;2-4H,1H3. The molecule has 0 spiro atoms. The number of pyridine rings is 2. The van der Waals surface area contributed by atoms with Crippen molar-refractivity contribution in [2.75, 3.05) is 0 Å². The van der Waals surface area contributed by atoms with E-state index in [-0.39, 0.29) is 29.9 Å². The van der Waals surface area contributed by atoms with Crippen LogP contribution in [-0.4, -0.2) is 69.4 Å². The maximum Gasteiger partial charge on any atom is 0.494 e. The van der Waals surface area contributed by atoms with Gasteiger partial charge in [-0.25, -0.2) is 29.3 Å². The van der Waals surface area contributed by atoms with Crippen LogP contribution in [0.25, 0.3) is 43.3 Å². The van der Waals surface area contributed by atoms with Gasteiger partial charge in [0.2, 0.25) is 10.3 Å². The zero-order valence-electron chi connectivity index (χ0n) is 33.2. The van der Waals surface area contributed by atoms with E-state index >= 15 is 0 Å². The summed E-state index contributed by atoms with van der Waals surface area (Å²) in [4.78, 5) is 39.7. The third-order valence-corrected chi connectivity index (χ3v) is 12.1. The topological polar surface area (TPSA) is 140 Å². The number of aromatic nitrogens is 8. The molecule has 1 aliphatic rings. The summed E-state index contributed by atoms with van der Waals surface area (Å²) in [6, 6.07) is 23.0. The van der Waals surface area contributed by atoms with Gasteiger partial charge < -0.3 is 9.31 Å². The summed E-state index contributed by atoms with van der Waals surface area (Å²) in [6.07, 6.45) is 3.69. The third-order valence-electron chi connectivity index (χ3n) is 9.75. The van der Waals surface area contributed by atoms with Crippen LogP contribution >= 0.6 is 38.6 Å². The number of hydrogen-bond acceptors (Lipinski definition) is 12. The van der Waals surface area contributed by atoms with Gasteiger partial charge in [-0.2, -0.15) is 10.2 Å². The normalized spacial score (nSPS) is 14.2. The highest BCUT2D eigenvalue weighted by molar-refractivity contribution is 9.10. The zero-order chi connectivity index (χ0) is 41.4. The molecular weight excluding hydrogens is 835 g/mol. The lowest BCUT2D eigenvalue weighted by atomic mass is 9.79. The Morgan fingerprint density at radius 3 is 1.69 bits per heavy atom. The molecule has 0 radical (unpaired) electrons. The molecule has 0 unspecified atom stereocenters. The van der Waals surface area contributed by atoms with Crippen molar-refractivity contribution in [2.24, 2.45) is 0 Å². The number of carbonyl (C=O) groups excluding carboxylic acids is 2. The van der Waals surface area contributed by atoms with E-state index in [2.05, 4.69) is 85.9 Å². The van der Waals surface area contributed by atoms with Crippen LogP contribution in [0.3, 0.4) is 0 Å². The zero-order valence-corrected chi connectivity index (χ0v) is 36.4. The van der Waals surface area contributed by atoms with Crippen molar-refractivity contribution in [1.29, 1.82) is 0 Å². The first-order valence-corrected chi connectivity index (χ1v) is 20.9. The fraction of sp³-hybridized carbons (Fsp3) is 0.238. The molecule has 6 aromatic heterocycles. The van der Waals surface area contributed by atoms with Gasteiger partial charge in [0.25, 0.3) is 0 Å². The molecule has 1 fully saturated rings. The van der Waals surface area contributed by atoms with Gasteiger partial charge in [0.15, 0.2) is 11.6 Å². The van der Waals surface area contributed by atoms with Crippen molar-refractivity contribution >= 4 is 84.6 Å². The smallest absolute Gasteiger partial charge is 0.399 e. The number of aryl methyl sites for hydroxylation is 2. The molecule has 294 valence electrons. The Morgan fingerprint density at radius 2 is 1.19 bits per heavy atom. The molecule has 0 atom stereocenters. The number of nitrogens with zero attached hydrogens (tertiary/aromatic N) is 8. The van der Waals surface area contributed by atoms with Crippen molar-refractivity contribution < 1.29 is 18.9 Å². The highest BCUT2D eigenvalue weighted by Crippen LogP contribution is 2.37. The van der Waals surface area contributed by atoms with E-state index in [0.29, 0.717) is 16.0 Å². The fourth-order valence-electron chi connectivity index (χ4n) is 5.92. The molecule has 8 aromatic rings. The van der Waals surface area contributed by atoms with Gasteiger partial charge >= 0.3 is 7.12 Å². The molecule has 1 aliphatic heterocycles. The molecule has 12 nitrogen and oxygen atoms in total. The van der Waals surface area contributed by atoms with E-state index in [1.165, 1.54) is 13.8 Å². The van der Waals surface area contributed by atoms with Crippen molar-refractivity contribution in [3.05, 3.63) is 123 Å². The van der Waals surface area contributed by atoms with Gasteiger partial charge in [0, 0.05) is 40.9 Å². The monoisotopic (exact) mass is 874 g/mol. The van der Waals surface area contributed by atoms with E-state index in [0.717, 1.165) is 60.2 Å². The summed E-state index contributed by atoms with van der Waals surface area (Å²) in [7, 11) is -0.374. The first-order valence-electron chi connectivity index (χ1n) is 18.4. The number of benzene rings is 2. The Hall–Kier alpha value is -5.26. The first kappa shape index (κ1) is 40.9. The van der Waals surface area contributed by atoms with Crippen LogP contribution in [0.1, 0.15) is 73.9 Å². The van der Waals surface area contributed by atoms with Crippen LogP contribution < -0.4 is 5.46 Å².